The Morgan fingerprint density at radius 2 is 2.32 bits per heavy atom. The third-order valence-corrected chi connectivity index (χ3v) is 4.81. The van der Waals surface area contributed by atoms with Crippen LogP contribution in [0.25, 0.3) is 10.2 Å². The summed E-state index contributed by atoms with van der Waals surface area (Å²) in [5, 5.41) is 10.2. The molecular weight excluding hydrogens is 262 g/mol. The van der Waals surface area contributed by atoms with Crippen molar-refractivity contribution in [2.45, 2.75) is 32.9 Å². The van der Waals surface area contributed by atoms with E-state index in [1.807, 2.05) is 13.8 Å². The topological polar surface area (TPSA) is 69.2 Å². The quantitative estimate of drug-likeness (QED) is 0.866. The number of aryl methyl sites for hydroxylation is 2. The van der Waals surface area contributed by atoms with Gasteiger partial charge in [-0.3, -0.25) is 9.69 Å². The van der Waals surface area contributed by atoms with Gasteiger partial charge < -0.3 is 10.1 Å². The van der Waals surface area contributed by atoms with Crippen LogP contribution in [0.5, 0.6) is 0 Å². The number of fused-ring (bicyclic) bond motifs is 1. The van der Waals surface area contributed by atoms with Crippen LogP contribution in [-0.4, -0.2) is 39.2 Å². The molecule has 1 fully saturated rings. The smallest absolute Gasteiger partial charge is 0.259 e. The molecule has 0 bridgehead atoms. The second kappa shape index (κ2) is 4.70. The number of aromatic nitrogens is 2. The van der Waals surface area contributed by atoms with Crippen molar-refractivity contribution >= 4 is 21.6 Å². The molecule has 5 nitrogen and oxygen atoms in total. The number of rotatable bonds is 2. The van der Waals surface area contributed by atoms with Gasteiger partial charge in [-0.15, -0.1) is 11.3 Å². The Morgan fingerprint density at radius 3 is 3.00 bits per heavy atom. The first kappa shape index (κ1) is 12.8. The number of likely N-dealkylation sites (tertiary alicyclic amines) is 1. The van der Waals surface area contributed by atoms with Crippen molar-refractivity contribution < 1.29 is 5.11 Å². The lowest BCUT2D eigenvalue weighted by Gasteiger charge is -2.13. The third-order valence-electron chi connectivity index (χ3n) is 3.71. The Balaban J connectivity index is 1.95. The molecule has 2 aromatic rings. The molecular formula is C13H17N3O2S. The first-order chi connectivity index (χ1) is 9.04. The first-order valence-corrected chi connectivity index (χ1v) is 7.25. The van der Waals surface area contributed by atoms with Gasteiger partial charge in [-0.2, -0.15) is 0 Å². The summed E-state index contributed by atoms with van der Waals surface area (Å²) in [6, 6.07) is 0. The van der Waals surface area contributed by atoms with Gasteiger partial charge in [-0.05, 0) is 25.8 Å². The van der Waals surface area contributed by atoms with Crippen molar-refractivity contribution in [1.82, 2.24) is 14.9 Å². The van der Waals surface area contributed by atoms with E-state index in [4.69, 9.17) is 0 Å². The Bertz CT molecular complexity index is 676. The van der Waals surface area contributed by atoms with E-state index in [0.29, 0.717) is 24.3 Å². The van der Waals surface area contributed by atoms with Crippen molar-refractivity contribution in [2.75, 3.05) is 13.1 Å². The Kier molecular flexibility index (Phi) is 3.16. The standard InChI is InChI=1S/C13H17N3O2S/c1-7-8(2)19-13-11(7)12(18)14-10(15-13)6-16-4-3-9(17)5-16/h9,17H,3-6H2,1-2H3,(H,14,15,18)/t9-/m0/s1. The molecule has 3 rings (SSSR count). The number of hydrogen-bond donors (Lipinski definition) is 2. The van der Waals surface area contributed by atoms with Crippen molar-refractivity contribution in [3.05, 3.63) is 26.6 Å². The number of aliphatic hydroxyl groups is 1. The molecule has 1 aliphatic rings. The molecule has 1 saturated heterocycles. The van der Waals surface area contributed by atoms with Gasteiger partial charge >= 0.3 is 0 Å². The summed E-state index contributed by atoms with van der Waals surface area (Å²) in [5.41, 5.74) is 0.971. The van der Waals surface area contributed by atoms with Crippen molar-refractivity contribution in [2.24, 2.45) is 0 Å². The fourth-order valence-corrected chi connectivity index (χ4v) is 3.59. The van der Waals surface area contributed by atoms with Gasteiger partial charge in [0, 0.05) is 18.0 Å². The summed E-state index contributed by atoms with van der Waals surface area (Å²) in [4.78, 5) is 23.6. The van der Waals surface area contributed by atoms with Crippen molar-refractivity contribution in [3.63, 3.8) is 0 Å². The molecule has 0 radical (unpaired) electrons. The Labute approximate surface area is 114 Å². The Morgan fingerprint density at radius 1 is 1.53 bits per heavy atom. The number of H-pyrrole nitrogens is 1. The Hall–Kier alpha value is -1.24. The predicted octanol–water partition coefficient (Wildman–Crippen LogP) is 1.17. The second-order valence-electron chi connectivity index (χ2n) is 5.15. The fourth-order valence-electron chi connectivity index (χ4n) is 2.54. The van der Waals surface area contributed by atoms with Gasteiger partial charge in [0.05, 0.1) is 18.0 Å². The summed E-state index contributed by atoms with van der Waals surface area (Å²) in [6.07, 6.45) is 0.547. The molecule has 0 spiro atoms. The van der Waals surface area contributed by atoms with Crippen LogP contribution in [0, 0.1) is 13.8 Å². The van der Waals surface area contributed by atoms with Crippen LogP contribution in [0.1, 0.15) is 22.7 Å². The lowest BCUT2D eigenvalue weighted by molar-refractivity contribution is 0.174. The summed E-state index contributed by atoms with van der Waals surface area (Å²) < 4.78 is 0. The monoisotopic (exact) mass is 279 g/mol. The largest absolute Gasteiger partial charge is 0.392 e. The van der Waals surface area contributed by atoms with Crippen LogP contribution in [0.4, 0.5) is 0 Å². The molecule has 0 aromatic carbocycles. The molecule has 0 amide bonds. The number of aromatic amines is 1. The van der Waals surface area contributed by atoms with Gasteiger partial charge in [0.15, 0.2) is 0 Å². The van der Waals surface area contributed by atoms with Crippen LogP contribution in [0.15, 0.2) is 4.79 Å². The fraction of sp³-hybridized carbons (Fsp3) is 0.538. The van der Waals surface area contributed by atoms with E-state index in [1.54, 1.807) is 11.3 Å². The summed E-state index contributed by atoms with van der Waals surface area (Å²) in [5.74, 6) is 0.688. The normalized spacial score (nSPS) is 20.5. The molecule has 3 heterocycles. The second-order valence-corrected chi connectivity index (χ2v) is 6.36. The number of nitrogens with zero attached hydrogens (tertiary/aromatic N) is 2. The van der Waals surface area contributed by atoms with E-state index in [2.05, 4.69) is 14.9 Å². The van der Waals surface area contributed by atoms with E-state index < -0.39 is 0 Å². The van der Waals surface area contributed by atoms with Gasteiger partial charge in [0.25, 0.3) is 5.56 Å². The number of aliphatic hydroxyl groups excluding tert-OH is 1. The molecule has 102 valence electrons. The predicted molar refractivity (Wildman–Crippen MR) is 75.6 cm³/mol. The van der Waals surface area contributed by atoms with Crippen LogP contribution >= 0.6 is 11.3 Å². The summed E-state index contributed by atoms with van der Waals surface area (Å²) >= 11 is 1.57. The zero-order valence-corrected chi connectivity index (χ0v) is 11.9. The molecule has 2 N–H and O–H groups in total. The van der Waals surface area contributed by atoms with Crippen LogP contribution < -0.4 is 5.56 Å². The highest BCUT2D eigenvalue weighted by Gasteiger charge is 2.21. The molecule has 2 aromatic heterocycles. The van der Waals surface area contributed by atoms with E-state index in [-0.39, 0.29) is 11.7 Å². The first-order valence-electron chi connectivity index (χ1n) is 6.44. The minimum absolute atomic E-state index is 0.0541. The third kappa shape index (κ3) is 2.31. The minimum atomic E-state index is -0.248. The van der Waals surface area contributed by atoms with E-state index in [0.717, 1.165) is 28.2 Å². The molecule has 0 saturated carbocycles. The minimum Gasteiger partial charge on any atom is -0.392 e. The van der Waals surface area contributed by atoms with Gasteiger partial charge in [0.1, 0.15) is 10.7 Å². The average Bonchev–Trinajstić information content (AvgIpc) is 2.85. The molecule has 0 aliphatic carbocycles. The molecule has 19 heavy (non-hydrogen) atoms. The number of hydrogen-bond acceptors (Lipinski definition) is 5. The summed E-state index contributed by atoms with van der Waals surface area (Å²) in [7, 11) is 0. The molecule has 1 atom stereocenters. The lowest BCUT2D eigenvalue weighted by atomic mass is 10.2. The highest BCUT2D eigenvalue weighted by molar-refractivity contribution is 7.18. The van der Waals surface area contributed by atoms with Gasteiger partial charge in [-0.1, -0.05) is 0 Å². The average molecular weight is 279 g/mol. The van der Waals surface area contributed by atoms with Gasteiger partial charge in [-0.25, -0.2) is 4.98 Å². The maximum atomic E-state index is 12.1. The number of thiophene rings is 1. The zero-order valence-electron chi connectivity index (χ0n) is 11.1. The maximum Gasteiger partial charge on any atom is 0.259 e. The van der Waals surface area contributed by atoms with Gasteiger partial charge in [0.2, 0.25) is 0 Å². The number of nitrogens with one attached hydrogen (secondary N) is 1. The lowest BCUT2D eigenvalue weighted by Crippen LogP contribution is -2.24. The molecule has 0 unspecified atom stereocenters. The van der Waals surface area contributed by atoms with E-state index in [1.165, 1.54) is 0 Å². The molecule has 6 heteroatoms. The SMILES string of the molecule is Cc1sc2nc(CN3CC[C@H](O)C3)[nH]c(=O)c2c1C. The highest BCUT2D eigenvalue weighted by atomic mass is 32.1. The number of β-amino-alcohol motifs (C(OH)–C–C–N with tert-alkyl or cyclic N) is 1. The van der Waals surface area contributed by atoms with Crippen LogP contribution in [-0.2, 0) is 6.54 Å². The van der Waals surface area contributed by atoms with Crippen LogP contribution in [0.3, 0.4) is 0 Å². The van der Waals surface area contributed by atoms with E-state index in [9.17, 15) is 9.90 Å². The van der Waals surface area contributed by atoms with Crippen LogP contribution in [0.2, 0.25) is 0 Å². The van der Waals surface area contributed by atoms with Crippen molar-refractivity contribution in [1.29, 1.82) is 0 Å². The molecule has 1 aliphatic heterocycles. The van der Waals surface area contributed by atoms with E-state index >= 15 is 0 Å². The highest BCUT2D eigenvalue weighted by Crippen LogP contribution is 2.25. The maximum absolute atomic E-state index is 12.1. The van der Waals surface area contributed by atoms with Crippen molar-refractivity contribution in [3.8, 4) is 0 Å². The summed E-state index contributed by atoms with van der Waals surface area (Å²) in [6.45, 7) is 6.08. The zero-order chi connectivity index (χ0) is 13.6.